The van der Waals surface area contributed by atoms with Crippen molar-refractivity contribution in [2.75, 3.05) is 0 Å². The molecule has 5 rings (SSSR count). The Kier molecular flexibility index (Phi) is 5.41. The van der Waals surface area contributed by atoms with Crippen LogP contribution in [-0.4, -0.2) is 43.0 Å². The van der Waals surface area contributed by atoms with Crippen molar-refractivity contribution >= 4 is 44.6 Å². The number of ketones is 1. The van der Waals surface area contributed by atoms with Crippen LogP contribution in [0.25, 0.3) is 22.2 Å². The molecule has 8 nitrogen and oxygen atoms in total. The summed E-state index contributed by atoms with van der Waals surface area (Å²) in [4.78, 5) is 42.6. The molecule has 32 heavy (non-hydrogen) atoms. The number of nitrogens with zero attached hydrogens (tertiary/aromatic N) is 2. The molecule has 1 aliphatic carbocycles. The maximum Gasteiger partial charge on any atom is 0.337 e. The minimum atomic E-state index is -1.07. The van der Waals surface area contributed by atoms with E-state index in [0.717, 1.165) is 0 Å². The third-order valence-electron chi connectivity index (χ3n) is 4.88. The molecule has 1 heterocycles. The lowest BCUT2D eigenvalue weighted by Crippen LogP contribution is -2.13. The molecular formula is C23H13BrN2O6. The van der Waals surface area contributed by atoms with E-state index in [1.165, 1.54) is 36.7 Å². The third-order valence-corrected chi connectivity index (χ3v) is 5.52. The number of aromatic carboxylic acids is 2. The molecular weight excluding hydrogens is 480 g/mol. The summed E-state index contributed by atoms with van der Waals surface area (Å²) in [6.07, 6.45) is 1.33. The molecule has 0 amide bonds. The number of benzene rings is 3. The van der Waals surface area contributed by atoms with Crippen LogP contribution in [0.2, 0.25) is 0 Å². The molecule has 3 N–H and O–H groups in total. The van der Waals surface area contributed by atoms with E-state index in [-0.39, 0.29) is 22.7 Å². The third kappa shape index (κ3) is 3.58. The van der Waals surface area contributed by atoms with Crippen molar-refractivity contribution < 1.29 is 29.7 Å². The summed E-state index contributed by atoms with van der Waals surface area (Å²) in [7, 11) is 0. The Morgan fingerprint density at radius 1 is 0.844 bits per heavy atom. The first-order chi connectivity index (χ1) is 15.3. The number of aromatic nitrogens is 2. The fraction of sp³-hybridized carbons (Fsp3) is 0. The molecule has 0 aliphatic heterocycles. The Morgan fingerprint density at radius 2 is 1.56 bits per heavy atom. The highest BCUT2D eigenvalue weighted by Crippen LogP contribution is 2.38. The number of rotatable bonds is 2. The average Bonchev–Trinajstić information content (AvgIpc) is 2.79. The summed E-state index contributed by atoms with van der Waals surface area (Å²) in [5.41, 5.74) is 2.86. The molecule has 9 heteroatoms. The topological polar surface area (TPSA) is 138 Å². The molecule has 1 aromatic heterocycles. The van der Waals surface area contributed by atoms with Crippen LogP contribution in [0.5, 0.6) is 5.75 Å². The van der Waals surface area contributed by atoms with Gasteiger partial charge in [0.1, 0.15) is 12.1 Å². The number of hydrogen-bond acceptors (Lipinski definition) is 6. The van der Waals surface area contributed by atoms with Crippen LogP contribution in [0.1, 0.15) is 36.6 Å². The molecule has 0 fully saturated rings. The van der Waals surface area contributed by atoms with E-state index in [1.807, 2.05) is 12.1 Å². The Morgan fingerprint density at radius 3 is 2.22 bits per heavy atom. The molecule has 0 unspecified atom stereocenters. The van der Waals surface area contributed by atoms with Gasteiger partial charge in [-0.15, -0.1) is 0 Å². The molecule has 0 spiro atoms. The Labute approximate surface area is 188 Å². The summed E-state index contributed by atoms with van der Waals surface area (Å²) >= 11 is 3.00. The summed E-state index contributed by atoms with van der Waals surface area (Å²) in [5, 5.41) is 27.3. The van der Waals surface area contributed by atoms with Gasteiger partial charge in [0, 0.05) is 22.1 Å². The zero-order valence-electron chi connectivity index (χ0n) is 16.1. The predicted molar refractivity (Wildman–Crippen MR) is 118 cm³/mol. The highest BCUT2D eigenvalue weighted by molar-refractivity contribution is 9.10. The quantitative estimate of drug-likeness (QED) is 0.329. The minimum absolute atomic E-state index is 0.0370. The molecule has 0 radical (unpaired) electrons. The summed E-state index contributed by atoms with van der Waals surface area (Å²) in [6, 6.07) is 14.1. The van der Waals surface area contributed by atoms with Gasteiger partial charge in [-0.1, -0.05) is 24.3 Å². The van der Waals surface area contributed by atoms with Crippen LogP contribution in [-0.2, 0) is 0 Å². The van der Waals surface area contributed by atoms with E-state index in [9.17, 15) is 19.5 Å². The zero-order valence-corrected chi connectivity index (χ0v) is 17.7. The van der Waals surface area contributed by atoms with E-state index in [0.29, 0.717) is 37.8 Å². The maximum atomic E-state index is 12.6. The first-order valence-electron chi connectivity index (χ1n) is 9.16. The van der Waals surface area contributed by atoms with E-state index in [1.54, 1.807) is 12.1 Å². The second-order valence-corrected chi connectivity index (χ2v) is 7.61. The molecule has 4 aromatic rings. The van der Waals surface area contributed by atoms with Gasteiger partial charge in [-0.3, -0.25) is 4.79 Å². The number of fused-ring (bicyclic) bond motifs is 2. The van der Waals surface area contributed by atoms with E-state index >= 15 is 0 Å². The first kappa shape index (κ1) is 21.1. The van der Waals surface area contributed by atoms with Crippen LogP contribution in [0, 0.1) is 0 Å². The van der Waals surface area contributed by atoms with Gasteiger partial charge in [0.05, 0.1) is 26.8 Å². The number of halogens is 1. The standard InChI is InChI=1S/C16H8N2O3.C7H5BrO3/c19-15-9-4-2-1-3-8(9)13-12-10(15)5-6-11(16(20)21)14(12)18-7-17-13;8-5-3-4(7(10)11)1-2-6(5)9/h1-7H,(H,20,21);1-3,9H,(H,10,11). The largest absolute Gasteiger partial charge is 0.507 e. The number of aromatic hydroxyl groups is 1. The summed E-state index contributed by atoms with van der Waals surface area (Å²) < 4.78 is 0.386. The second-order valence-electron chi connectivity index (χ2n) is 6.76. The summed E-state index contributed by atoms with van der Waals surface area (Å²) in [6.45, 7) is 0. The van der Waals surface area contributed by atoms with Gasteiger partial charge in [-0.05, 0) is 46.3 Å². The van der Waals surface area contributed by atoms with Crippen LogP contribution in [0.4, 0.5) is 0 Å². The molecule has 0 bridgehead atoms. The summed E-state index contributed by atoms with van der Waals surface area (Å²) in [5.74, 6) is -2.17. The zero-order chi connectivity index (χ0) is 23.0. The van der Waals surface area contributed by atoms with Gasteiger partial charge < -0.3 is 15.3 Å². The Balaban J connectivity index is 0.000000189. The lowest BCUT2D eigenvalue weighted by molar-refractivity contribution is 0.0687. The van der Waals surface area contributed by atoms with Gasteiger partial charge in [0.15, 0.2) is 5.78 Å². The van der Waals surface area contributed by atoms with Gasteiger partial charge in [-0.2, -0.15) is 0 Å². The number of phenols is 1. The monoisotopic (exact) mass is 492 g/mol. The fourth-order valence-electron chi connectivity index (χ4n) is 3.41. The van der Waals surface area contributed by atoms with Crippen LogP contribution >= 0.6 is 15.9 Å². The number of carbonyl (C=O) groups excluding carboxylic acids is 1. The normalized spacial score (nSPS) is 11.3. The average molecular weight is 493 g/mol. The Hall–Kier alpha value is -4.11. The van der Waals surface area contributed by atoms with E-state index in [4.69, 9.17) is 10.2 Å². The van der Waals surface area contributed by atoms with Crippen molar-refractivity contribution in [1.29, 1.82) is 0 Å². The maximum absolute atomic E-state index is 12.6. The van der Waals surface area contributed by atoms with Crippen LogP contribution < -0.4 is 0 Å². The van der Waals surface area contributed by atoms with Crippen molar-refractivity contribution in [2.45, 2.75) is 0 Å². The van der Waals surface area contributed by atoms with Crippen molar-refractivity contribution in [3.63, 3.8) is 0 Å². The first-order valence-corrected chi connectivity index (χ1v) is 9.95. The lowest BCUT2D eigenvalue weighted by Gasteiger charge is -2.18. The highest BCUT2D eigenvalue weighted by atomic mass is 79.9. The number of hydrogen-bond donors (Lipinski definition) is 3. The Bertz CT molecular complexity index is 1430. The number of carboxylic acids is 2. The minimum Gasteiger partial charge on any atom is -0.507 e. The molecule has 0 saturated carbocycles. The molecule has 0 saturated heterocycles. The van der Waals surface area contributed by atoms with Crippen molar-refractivity contribution in [3.8, 4) is 17.0 Å². The number of carbonyl (C=O) groups is 3. The van der Waals surface area contributed by atoms with Crippen molar-refractivity contribution in [1.82, 2.24) is 9.97 Å². The molecule has 1 aliphatic rings. The van der Waals surface area contributed by atoms with Crippen LogP contribution in [0.15, 0.2) is 65.4 Å². The molecule has 158 valence electrons. The smallest absolute Gasteiger partial charge is 0.337 e. The second kappa shape index (κ2) is 8.20. The van der Waals surface area contributed by atoms with Gasteiger partial charge in [-0.25, -0.2) is 19.6 Å². The van der Waals surface area contributed by atoms with Gasteiger partial charge in [0.2, 0.25) is 0 Å². The van der Waals surface area contributed by atoms with E-state index < -0.39 is 11.9 Å². The number of phenolic OH excluding ortho intramolecular Hbond substituents is 1. The number of carboxylic acid groups (broad SMARTS) is 2. The van der Waals surface area contributed by atoms with Gasteiger partial charge >= 0.3 is 11.9 Å². The van der Waals surface area contributed by atoms with Gasteiger partial charge in [0.25, 0.3) is 0 Å². The lowest BCUT2D eigenvalue weighted by atomic mass is 9.86. The molecule has 3 aromatic carbocycles. The van der Waals surface area contributed by atoms with Crippen LogP contribution in [0.3, 0.4) is 0 Å². The van der Waals surface area contributed by atoms with E-state index in [2.05, 4.69) is 25.9 Å². The highest BCUT2D eigenvalue weighted by Gasteiger charge is 2.28. The van der Waals surface area contributed by atoms with Crippen molar-refractivity contribution in [3.05, 3.63) is 87.7 Å². The molecule has 0 atom stereocenters. The SMILES string of the molecule is O=C(O)c1ccc(O)c(Br)c1.O=C(O)c1ccc2c3c(ncnc13)-c1ccccc1C2=O. The predicted octanol–water partition coefficient (Wildman–Crippen LogP) is 4.39. The van der Waals surface area contributed by atoms with Crippen molar-refractivity contribution in [2.24, 2.45) is 0 Å². The fourth-order valence-corrected chi connectivity index (χ4v) is 3.79.